The van der Waals surface area contributed by atoms with Gasteiger partial charge in [0, 0.05) is 0 Å². The van der Waals surface area contributed by atoms with Gasteiger partial charge in [-0.3, -0.25) is 0 Å². The Hall–Kier alpha value is -0.261. The van der Waals surface area contributed by atoms with E-state index in [2.05, 4.69) is 41.5 Å². The third-order valence-electron chi connectivity index (χ3n) is 4.63. The Labute approximate surface area is 146 Å². The number of unbranched alkanes of at least 4 members (excludes halogenated alkanes) is 3. The van der Waals surface area contributed by atoms with Crippen LogP contribution < -0.4 is 5.76 Å². The minimum absolute atomic E-state index is 0.186. The molecule has 0 atom stereocenters. The second-order valence-corrected chi connectivity index (χ2v) is 20.3. The monoisotopic (exact) mass is 432 g/mol. The van der Waals surface area contributed by atoms with Gasteiger partial charge in [0.15, 0.2) is 0 Å². The molecular formula is C18H36N2O2Sn. The molecule has 0 aliphatic heterocycles. The van der Waals surface area contributed by atoms with Crippen molar-refractivity contribution in [1.29, 1.82) is 0 Å². The van der Waals surface area contributed by atoms with Crippen LogP contribution in [0.1, 0.15) is 86.0 Å². The van der Waals surface area contributed by atoms with Gasteiger partial charge in [0.05, 0.1) is 0 Å². The summed E-state index contributed by atoms with van der Waals surface area (Å²) in [7, 11) is 0. The molecule has 1 heterocycles. The van der Waals surface area contributed by atoms with Crippen LogP contribution in [0.5, 0.6) is 0 Å². The molecule has 0 aliphatic carbocycles. The average Bonchev–Trinajstić information content (AvgIpc) is 2.90. The molecule has 0 N–H and O–H groups in total. The van der Waals surface area contributed by atoms with Gasteiger partial charge in [0.1, 0.15) is 0 Å². The molecule has 1 rings (SSSR count). The molecular weight excluding hydrogens is 395 g/mol. The predicted octanol–water partition coefficient (Wildman–Crippen LogP) is 5.33. The second kappa shape index (κ2) is 9.28. The molecule has 0 fully saturated rings. The van der Waals surface area contributed by atoms with Crippen molar-refractivity contribution in [1.82, 2.24) is 8.00 Å². The van der Waals surface area contributed by atoms with Gasteiger partial charge in [-0.25, -0.2) is 0 Å². The molecule has 0 bridgehead atoms. The minimum atomic E-state index is -2.84. The summed E-state index contributed by atoms with van der Waals surface area (Å²) in [6, 6.07) is 0. The number of aromatic nitrogens is 2. The topological polar surface area (TPSA) is 48.0 Å². The first-order valence-electron chi connectivity index (χ1n) is 9.42. The average molecular weight is 431 g/mol. The van der Waals surface area contributed by atoms with Crippen molar-refractivity contribution in [3.05, 3.63) is 16.4 Å². The molecule has 0 aliphatic rings. The zero-order chi connectivity index (χ0) is 17.5. The fourth-order valence-corrected chi connectivity index (χ4v) is 17.8. The van der Waals surface area contributed by atoms with Gasteiger partial charge in [0.2, 0.25) is 0 Å². The summed E-state index contributed by atoms with van der Waals surface area (Å²) >= 11 is -2.84. The summed E-state index contributed by atoms with van der Waals surface area (Å²) in [6.45, 7) is 12.9. The molecule has 0 spiro atoms. The number of nitrogens with zero attached hydrogens (tertiary/aromatic N) is 2. The molecule has 0 saturated heterocycles. The van der Waals surface area contributed by atoms with E-state index in [0.717, 1.165) is 0 Å². The zero-order valence-electron chi connectivity index (χ0n) is 16.1. The number of hydrogen-bond donors (Lipinski definition) is 0. The molecule has 0 amide bonds. The molecule has 0 unspecified atom stereocenters. The van der Waals surface area contributed by atoms with Crippen molar-refractivity contribution in [3.63, 3.8) is 0 Å². The second-order valence-electron chi connectivity index (χ2n) is 7.87. The molecule has 0 saturated carbocycles. The first-order valence-corrected chi connectivity index (χ1v) is 16.7. The molecule has 4 nitrogen and oxygen atoms in total. The van der Waals surface area contributed by atoms with Gasteiger partial charge in [-0.15, -0.1) is 0 Å². The van der Waals surface area contributed by atoms with Gasteiger partial charge >= 0.3 is 146 Å². The van der Waals surface area contributed by atoms with Gasteiger partial charge in [-0.2, -0.15) is 0 Å². The Morgan fingerprint density at radius 1 is 0.957 bits per heavy atom. The van der Waals surface area contributed by atoms with Gasteiger partial charge in [-0.1, -0.05) is 0 Å². The third kappa shape index (κ3) is 5.64. The maximum absolute atomic E-state index is 12.6. The van der Waals surface area contributed by atoms with Crippen molar-refractivity contribution in [3.8, 4) is 0 Å². The summed E-state index contributed by atoms with van der Waals surface area (Å²) in [5.41, 5.74) is -0.206. The molecule has 0 radical (unpaired) electrons. The number of rotatable bonds is 10. The Morgan fingerprint density at radius 2 is 1.39 bits per heavy atom. The summed E-state index contributed by atoms with van der Waals surface area (Å²) in [5, 5.41) is 4.74. The van der Waals surface area contributed by atoms with E-state index >= 15 is 0 Å². The molecule has 1 aromatic rings. The summed E-state index contributed by atoms with van der Waals surface area (Å²) < 4.78 is 11.2. The van der Waals surface area contributed by atoms with E-state index in [1.54, 1.807) is 0 Å². The van der Waals surface area contributed by atoms with Crippen LogP contribution >= 0.6 is 0 Å². The van der Waals surface area contributed by atoms with E-state index in [9.17, 15) is 4.79 Å². The molecule has 0 aromatic carbocycles. The fraction of sp³-hybridized carbons (Fsp3) is 0.889. The van der Waals surface area contributed by atoms with E-state index in [-0.39, 0.29) is 11.2 Å². The molecule has 5 heteroatoms. The Morgan fingerprint density at radius 3 is 1.70 bits per heavy atom. The van der Waals surface area contributed by atoms with E-state index in [1.165, 1.54) is 51.8 Å². The molecule has 134 valence electrons. The maximum atomic E-state index is 12.6. The van der Waals surface area contributed by atoms with E-state index < -0.39 is 18.7 Å². The SMILES string of the molecule is CCC[CH2][Sn]([CH2]CCC)([CH2]CCC)[n]1nc(C(C)(C)C)oc1=O. The normalized spacial score (nSPS) is 12.8. The summed E-state index contributed by atoms with van der Waals surface area (Å²) in [5.74, 6) is 0.419. The van der Waals surface area contributed by atoms with Crippen LogP contribution in [0.2, 0.25) is 13.3 Å². The first-order chi connectivity index (χ1) is 10.8. The van der Waals surface area contributed by atoms with Crippen molar-refractivity contribution < 1.29 is 4.42 Å². The van der Waals surface area contributed by atoms with Crippen LogP contribution in [0.25, 0.3) is 0 Å². The van der Waals surface area contributed by atoms with E-state index in [0.29, 0.717) is 5.89 Å². The van der Waals surface area contributed by atoms with Gasteiger partial charge < -0.3 is 0 Å². The predicted molar refractivity (Wildman–Crippen MR) is 99.8 cm³/mol. The third-order valence-corrected chi connectivity index (χ3v) is 19.0. The van der Waals surface area contributed by atoms with Crippen molar-refractivity contribution in [2.45, 2.75) is 98.8 Å². The van der Waals surface area contributed by atoms with Crippen LogP contribution in [0, 0.1) is 0 Å². The van der Waals surface area contributed by atoms with Crippen LogP contribution in [-0.4, -0.2) is 26.7 Å². The van der Waals surface area contributed by atoms with E-state index in [1.807, 2.05) is 2.90 Å². The quantitative estimate of drug-likeness (QED) is 0.471. The first kappa shape index (κ1) is 20.8. The Kier molecular flexibility index (Phi) is 8.39. The van der Waals surface area contributed by atoms with Gasteiger partial charge in [-0.05, 0) is 0 Å². The van der Waals surface area contributed by atoms with Crippen LogP contribution in [0.4, 0.5) is 0 Å². The standard InChI is InChI=1S/C6H10N2O2.3C4H9.Sn/c1-6(2,3)4-7-8-5(9)10-4;3*1-3-4-2;/h1-3H3,(H,8,9);3*1,3-4H2,2H3;/q;;;;+1/p-1. The summed E-state index contributed by atoms with van der Waals surface area (Å²) in [6.07, 6.45) is 7.22. The van der Waals surface area contributed by atoms with E-state index in [4.69, 9.17) is 9.52 Å². The zero-order valence-corrected chi connectivity index (χ0v) is 18.9. The van der Waals surface area contributed by atoms with Crippen LogP contribution in [0.15, 0.2) is 9.21 Å². The van der Waals surface area contributed by atoms with Crippen LogP contribution in [-0.2, 0) is 5.41 Å². The fourth-order valence-electron chi connectivity index (χ4n) is 3.09. The van der Waals surface area contributed by atoms with Crippen molar-refractivity contribution in [2.24, 2.45) is 0 Å². The number of hydrogen-bond acceptors (Lipinski definition) is 3. The molecule has 23 heavy (non-hydrogen) atoms. The molecule has 1 aromatic heterocycles. The van der Waals surface area contributed by atoms with Crippen molar-refractivity contribution in [2.75, 3.05) is 0 Å². The van der Waals surface area contributed by atoms with Crippen LogP contribution in [0.3, 0.4) is 0 Å². The summed E-state index contributed by atoms with van der Waals surface area (Å²) in [4.78, 5) is 12.6. The Balaban J connectivity index is 3.29. The van der Waals surface area contributed by atoms with Crippen molar-refractivity contribution >= 4 is 18.7 Å². The van der Waals surface area contributed by atoms with Gasteiger partial charge in [0.25, 0.3) is 0 Å². The Bertz CT molecular complexity index is 492.